The van der Waals surface area contributed by atoms with E-state index in [-0.39, 0.29) is 5.75 Å². The minimum atomic E-state index is 0.167. The van der Waals surface area contributed by atoms with E-state index in [0.717, 1.165) is 0 Å². The van der Waals surface area contributed by atoms with Crippen LogP contribution in [0.3, 0.4) is 0 Å². The number of benzene rings is 1. The van der Waals surface area contributed by atoms with Crippen LogP contribution < -0.4 is 0 Å². The Kier molecular flexibility index (Phi) is 2.46. The number of phenols is 1. The van der Waals surface area contributed by atoms with Crippen molar-refractivity contribution < 1.29 is 9.52 Å². The Balaban J connectivity index is 2.43. The van der Waals surface area contributed by atoms with Gasteiger partial charge in [-0.25, -0.2) is 4.98 Å². The summed E-state index contributed by atoms with van der Waals surface area (Å²) in [4.78, 5) is 4.24. The van der Waals surface area contributed by atoms with Crippen LogP contribution in [0, 0.1) is 0 Å². The summed E-state index contributed by atoms with van der Waals surface area (Å²) in [6, 6.07) is 5.16. The lowest BCUT2D eigenvalue weighted by atomic mass is 10.2. The molecule has 15 heavy (non-hydrogen) atoms. The Morgan fingerprint density at radius 3 is 3.00 bits per heavy atom. The highest BCUT2D eigenvalue weighted by atomic mass is 16.3. The normalized spacial score (nSPS) is 12.3. The molecule has 1 aromatic heterocycles. The van der Waals surface area contributed by atoms with Gasteiger partial charge in [-0.15, -0.1) is 0 Å². The summed E-state index contributed by atoms with van der Waals surface area (Å²) in [6.07, 6.45) is 2.71. The lowest BCUT2D eigenvalue weighted by Gasteiger charge is -1.92. The van der Waals surface area contributed by atoms with E-state index in [4.69, 9.17) is 4.42 Å². The molecule has 1 heterocycles. The van der Waals surface area contributed by atoms with Gasteiger partial charge in [-0.1, -0.05) is 17.7 Å². The Hall–Kier alpha value is -1.77. The fourth-order valence-electron chi connectivity index (χ4n) is 1.40. The Bertz CT molecular complexity index is 511. The number of phenolic OH excluding ortho intramolecular Hbond substituents is 1. The van der Waals surface area contributed by atoms with Gasteiger partial charge in [0.15, 0.2) is 17.0 Å². The molecule has 0 bridgehead atoms. The van der Waals surface area contributed by atoms with Gasteiger partial charge in [0, 0.05) is 6.42 Å². The molecule has 0 saturated carbocycles. The number of nitrogens with zero attached hydrogens (tertiary/aromatic N) is 1. The van der Waals surface area contributed by atoms with Crippen LogP contribution in [0.4, 0.5) is 0 Å². The summed E-state index contributed by atoms with van der Waals surface area (Å²) >= 11 is 0. The van der Waals surface area contributed by atoms with E-state index in [1.165, 1.54) is 5.57 Å². The molecule has 3 nitrogen and oxygen atoms in total. The summed E-state index contributed by atoms with van der Waals surface area (Å²) in [7, 11) is 0. The molecule has 0 amide bonds. The van der Waals surface area contributed by atoms with Crippen LogP contribution in [0.5, 0.6) is 5.75 Å². The van der Waals surface area contributed by atoms with Crippen molar-refractivity contribution in [3.63, 3.8) is 0 Å². The van der Waals surface area contributed by atoms with Crippen LogP contribution >= 0.6 is 0 Å². The van der Waals surface area contributed by atoms with Gasteiger partial charge in [0.05, 0.1) is 0 Å². The number of oxazole rings is 1. The molecule has 0 aliphatic carbocycles. The van der Waals surface area contributed by atoms with Crippen molar-refractivity contribution in [1.82, 2.24) is 4.98 Å². The highest BCUT2D eigenvalue weighted by Gasteiger charge is 2.08. The van der Waals surface area contributed by atoms with Crippen molar-refractivity contribution in [2.24, 2.45) is 0 Å². The monoisotopic (exact) mass is 203 g/mol. The van der Waals surface area contributed by atoms with Crippen LogP contribution in [-0.2, 0) is 6.42 Å². The van der Waals surface area contributed by atoms with Gasteiger partial charge >= 0.3 is 0 Å². The van der Waals surface area contributed by atoms with E-state index in [0.29, 0.717) is 23.4 Å². The maximum Gasteiger partial charge on any atom is 0.199 e. The largest absolute Gasteiger partial charge is 0.506 e. The molecule has 0 spiro atoms. The summed E-state index contributed by atoms with van der Waals surface area (Å²) in [5, 5.41) is 9.54. The van der Waals surface area contributed by atoms with Crippen molar-refractivity contribution in [2.45, 2.75) is 20.3 Å². The molecule has 0 atom stereocenters. The molecular weight excluding hydrogens is 190 g/mol. The predicted molar refractivity (Wildman–Crippen MR) is 58.8 cm³/mol. The van der Waals surface area contributed by atoms with Crippen LogP contribution in [0.2, 0.25) is 0 Å². The quantitative estimate of drug-likeness (QED) is 0.763. The van der Waals surface area contributed by atoms with E-state index in [2.05, 4.69) is 4.98 Å². The zero-order valence-electron chi connectivity index (χ0n) is 8.82. The molecule has 78 valence electrons. The van der Waals surface area contributed by atoms with Crippen LogP contribution in [0.25, 0.3) is 11.1 Å². The lowest BCUT2D eigenvalue weighted by molar-refractivity contribution is 0.480. The van der Waals surface area contributed by atoms with Gasteiger partial charge in [-0.3, -0.25) is 0 Å². The average Bonchev–Trinajstić information content (AvgIpc) is 2.62. The number of aromatic hydroxyl groups is 1. The van der Waals surface area contributed by atoms with E-state index in [9.17, 15) is 5.11 Å². The molecule has 3 heteroatoms. The second kappa shape index (κ2) is 3.77. The highest BCUT2D eigenvalue weighted by molar-refractivity contribution is 5.79. The van der Waals surface area contributed by atoms with Gasteiger partial charge in [-0.05, 0) is 26.0 Å². The first-order valence-electron chi connectivity index (χ1n) is 4.90. The smallest absolute Gasteiger partial charge is 0.199 e. The van der Waals surface area contributed by atoms with Gasteiger partial charge < -0.3 is 9.52 Å². The van der Waals surface area contributed by atoms with Crippen LogP contribution in [0.15, 0.2) is 34.3 Å². The average molecular weight is 203 g/mol. The third kappa shape index (κ3) is 1.86. The predicted octanol–water partition coefficient (Wildman–Crippen LogP) is 3.04. The molecule has 0 aliphatic heterocycles. The molecule has 0 saturated heterocycles. The van der Waals surface area contributed by atoms with Crippen molar-refractivity contribution >= 4 is 11.1 Å². The van der Waals surface area contributed by atoms with Gasteiger partial charge in [-0.2, -0.15) is 0 Å². The maximum atomic E-state index is 9.54. The molecule has 2 aromatic rings. The number of rotatable bonds is 2. The summed E-state index contributed by atoms with van der Waals surface area (Å²) < 4.78 is 5.51. The zero-order chi connectivity index (χ0) is 10.8. The Morgan fingerprint density at radius 2 is 2.33 bits per heavy atom. The summed E-state index contributed by atoms with van der Waals surface area (Å²) in [5.74, 6) is 0.808. The second-order valence-electron chi connectivity index (χ2n) is 3.54. The highest BCUT2D eigenvalue weighted by Crippen LogP contribution is 2.25. The number of fused-ring (bicyclic) bond motifs is 1. The number of aromatic nitrogens is 1. The Labute approximate surface area is 88.1 Å². The maximum absolute atomic E-state index is 9.54. The van der Waals surface area contributed by atoms with Gasteiger partial charge in [0.2, 0.25) is 0 Å². The molecule has 1 aromatic carbocycles. The lowest BCUT2D eigenvalue weighted by Crippen LogP contribution is -1.85. The third-order valence-corrected chi connectivity index (χ3v) is 2.36. The Morgan fingerprint density at radius 1 is 1.53 bits per heavy atom. The van der Waals surface area contributed by atoms with Gasteiger partial charge in [0.25, 0.3) is 0 Å². The first kappa shape index (κ1) is 9.77. The van der Waals surface area contributed by atoms with Crippen LogP contribution in [0.1, 0.15) is 19.7 Å². The molecule has 0 unspecified atom stereocenters. The summed E-state index contributed by atoms with van der Waals surface area (Å²) in [5.41, 5.74) is 2.37. The number of hydrogen-bond acceptors (Lipinski definition) is 3. The number of para-hydroxylation sites is 1. The first-order chi connectivity index (χ1) is 7.20. The summed E-state index contributed by atoms with van der Waals surface area (Å²) in [6.45, 7) is 4.00. The van der Waals surface area contributed by atoms with Gasteiger partial charge in [0.1, 0.15) is 5.75 Å². The molecule has 2 rings (SSSR count). The van der Waals surface area contributed by atoms with E-state index >= 15 is 0 Å². The van der Waals surface area contributed by atoms with Crippen molar-refractivity contribution in [3.05, 3.63) is 35.7 Å². The van der Waals surface area contributed by atoms with Crippen molar-refractivity contribution in [1.29, 1.82) is 0 Å². The molecule has 0 radical (unpaired) electrons. The number of allylic oxidation sites excluding steroid dienone is 2. The minimum Gasteiger partial charge on any atom is -0.506 e. The minimum absolute atomic E-state index is 0.167. The molecule has 0 aliphatic rings. The second-order valence-corrected chi connectivity index (χ2v) is 3.54. The topological polar surface area (TPSA) is 46.3 Å². The zero-order valence-corrected chi connectivity index (χ0v) is 8.82. The molecular formula is C12H13NO2. The van der Waals surface area contributed by atoms with Crippen LogP contribution in [-0.4, -0.2) is 10.1 Å². The standard InChI is InChI=1S/C12H13NO2/c1-3-8(2)7-11-13-12-9(14)5-4-6-10(12)15-11/h3-6,14H,7H2,1-2H3/b8-3+. The number of hydrogen-bond donors (Lipinski definition) is 1. The molecule has 1 N–H and O–H groups in total. The molecule has 0 fully saturated rings. The first-order valence-corrected chi connectivity index (χ1v) is 4.90. The fraction of sp³-hybridized carbons (Fsp3) is 0.250. The van der Waals surface area contributed by atoms with E-state index in [1.54, 1.807) is 18.2 Å². The van der Waals surface area contributed by atoms with Crippen molar-refractivity contribution in [2.75, 3.05) is 0 Å². The van der Waals surface area contributed by atoms with E-state index < -0.39 is 0 Å². The van der Waals surface area contributed by atoms with Crippen molar-refractivity contribution in [3.8, 4) is 5.75 Å². The SMILES string of the molecule is C/C=C(\C)Cc1nc2c(O)cccc2o1. The third-order valence-electron chi connectivity index (χ3n) is 2.36. The van der Waals surface area contributed by atoms with E-state index in [1.807, 2.05) is 19.9 Å². The fourth-order valence-corrected chi connectivity index (χ4v) is 1.40.